The molecule has 0 saturated heterocycles. The molecule has 0 amide bonds. The van der Waals surface area contributed by atoms with Crippen molar-refractivity contribution in [2.75, 3.05) is 52.9 Å². The van der Waals surface area contributed by atoms with Crippen LogP contribution in [0.5, 0.6) is 0 Å². The van der Waals surface area contributed by atoms with Gasteiger partial charge in [0.05, 0.1) is 52.4 Å². The van der Waals surface area contributed by atoms with Crippen LogP contribution >= 0.6 is 0 Å². The molecular formula is C12H26O7. The van der Waals surface area contributed by atoms with Crippen molar-refractivity contribution in [1.29, 1.82) is 0 Å². The van der Waals surface area contributed by atoms with Gasteiger partial charge in [-0.15, -0.1) is 0 Å². The number of ether oxygens (including phenoxy) is 3. The van der Waals surface area contributed by atoms with E-state index in [1.807, 2.05) is 0 Å². The quantitative estimate of drug-likeness (QED) is 0.288. The van der Waals surface area contributed by atoms with Gasteiger partial charge in [0.25, 0.3) is 0 Å². The summed E-state index contributed by atoms with van der Waals surface area (Å²) in [4.78, 5) is 0. The highest BCUT2D eigenvalue weighted by atomic mass is 16.5. The molecule has 0 fully saturated rings. The van der Waals surface area contributed by atoms with E-state index < -0.39 is 12.2 Å². The lowest BCUT2D eigenvalue weighted by Gasteiger charge is -2.17. The number of hydrogen-bond donors (Lipinski definition) is 4. The van der Waals surface area contributed by atoms with Crippen LogP contribution in [0.15, 0.2) is 0 Å². The molecule has 19 heavy (non-hydrogen) atoms. The molecule has 2 unspecified atom stereocenters. The van der Waals surface area contributed by atoms with E-state index in [-0.39, 0.29) is 19.8 Å². The van der Waals surface area contributed by atoms with Crippen molar-refractivity contribution in [3.05, 3.63) is 0 Å². The minimum absolute atomic E-state index is 0.000390. The van der Waals surface area contributed by atoms with Crippen LogP contribution in [0.1, 0.15) is 12.8 Å². The first-order valence-electron chi connectivity index (χ1n) is 6.53. The number of aliphatic hydroxyl groups excluding tert-OH is 4. The summed E-state index contributed by atoms with van der Waals surface area (Å²) in [5.41, 5.74) is 0. The van der Waals surface area contributed by atoms with E-state index in [1.54, 1.807) is 0 Å². The van der Waals surface area contributed by atoms with Crippen LogP contribution in [0.2, 0.25) is 0 Å². The normalized spacial score (nSPS) is 14.5. The first-order valence-corrected chi connectivity index (χ1v) is 6.53. The monoisotopic (exact) mass is 282 g/mol. The van der Waals surface area contributed by atoms with Gasteiger partial charge >= 0.3 is 0 Å². The molecule has 0 aliphatic rings. The standard InChI is InChI=1S/C12H26O7/c13-3-1-2-11(15)12(16)10-19-9-8-18-7-6-17-5-4-14/h11-16H,1-10H2. The second-order valence-corrected chi connectivity index (χ2v) is 4.02. The fraction of sp³-hybridized carbons (Fsp3) is 1.00. The van der Waals surface area contributed by atoms with Crippen LogP contribution in [-0.4, -0.2) is 85.5 Å². The van der Waals surface area contributed by atoms with Crippen molar-refractivity contribution >= 4 is 0 Å². The van der Waals surface area contributed by atoms with Crippen molar-refractivity contribution < 1.29 is 34.6 Å². The molecule has 0 spiro atoms. The highest BCUT2D eigenvalue weighted by Crippen LogP contribution is 2.02. The van der Waals surface area contributed by atoms with Crippen molar-refractivity contribution in [1.82, 2.24) is 0 Å². The van der Waals surface area contributed by atoms with E-state index in [2.05, 4.69) is 0 Å². The van der Waals surface area contributed by atoms with E-state index >= 15 is 0 Å². The van der Waals surface area contributed by atoms with Crippen LogP contribution in [-0.2, 0) is 14.2 Å². The molecule has 0 bridgehead atoms. The fourth-order valence-electron chi connectivity index (χ4n) is 1.31. The Morgan fingerprint density at radius 1 is 0.684 bits per heavy atom. The lowest BCUT2D eigenvalue weighted by molar-refractivity contribution is -0.0550. The van der Waals surface area contributed by atoms with Crippen LogP contribution < -0.4 is 0 Å². The van der Waals surface area contributed by atoms with E-state index in [9.17, 15) is 10.2 Å². The first kappa shape index (κ1) is 18.7. The van der Waals surface area contributed by atoms with Crippen molar-refractivity contribution in [2.45, 2.75) is 25.0 Å². The average molecular weight is 282 g/mol. The molecular weight excluding hydrogens is 256 g/mol. The molecule has 7 heteroatoms. The lowest BCUT2D eigenvalue weighted by atomic mass is 10.1. The average Bonchev–Trinajstić information content (AvgIpc) is 2.42. The third-order valence-corrected chi connectivity index (χ3v) is 2.37. The molecule has 0 aromatic carbocycles. The third-order valence-electron chi connectivity index (χ3n) is 2.37. The van der Waals surface area contributed by atoms with Gasteiger partial charge < -0.3 is 34.6 Å². The Labute approximate surface area is 113 Å². The maximum absolute atomic E-state index is 9.50. The minimum atomic E-state index is -0.945. The molecule has 0 aliphatic carbocycles. The molecule has 0 rings (SSSR count). The molecule has 7 nitrogen and oxygen atoms in total. The van der Waals surface area contributed by atoms with Gasteiger partial charge in [-0.05, 0) is 12.8 Å². The Bertz CT molecular complexity index is 179. The van der Waals surface area contributed by atoms with Crippen LogP contribution in [0.3, 0.4) is 0 Å². The van der Waals surface area contributed by atoms with Gasteiger partial charge in [0, 0.05) is 6.61 Å². The summed E-state index contributed by atoms with van der Waals surface area (Å²) in [7, 11) is 0. The fourth-order valence-corrected chi connectivity index (χ4v) is 1.31. The molecule has 0 heterocycles. The molecule has 116 valence electrons. The highest BCUT2D eigenvalue weighted by molar-refractivity contribution is 4.66. The second-order valence-electron chi connectivity index (χ2n) is 4.02. The zero-order valence-electron chi connectivity index (χ0n) is 11.2. The molecule has 0 aromatic heterocycles. The second kappa shape index (κ2) is 14.1. The van der Waals surface area contributed by atoms with E-state index in [0.29, 0.717) is 45.9 Å². The maximum atomic E-state index is 9.50. The molecule has 4 N–H and O–H groups in total. The Kier molecular flexibility index (Phi) is 13.9. The predicted octanol–water partition coefficient (Wildman–Crippen LogP) is -1.48. The zero-order chi connectivity index (χ0) is 14.3. The Morgan fingerprint density at radius 3 is 1.84 bits per heavy atom. The predicted molar refractivity (Wildman–Crippen MR) is 67.9 cm³/mol. The topological polar surface area (TPSA) is 109 Å². The van der Waals surface area contributed by atoms with Crippen LogP contribution in [0, 0.1) is 0 Å². The number of rotatable bonds is 14. The van der Waals surface area contributed by atoms with Gasteiger partial charge in [-0.1, -0.05) is 0 Å². The Morgan fingerprint density at radius 2 is 1.26 bits per heavy atom. The number of hydrogen-bond acceptors (Lipinski definition) is 7. The molecule has 0 saturated carbocycles. The smallest absolute Gasteiger partial charge is 0.103 e. The molecule has 0 aliphatic heterocycles. The summed E-state index contributed by atoms with van der Waals surface area (Å²) in [6, 6.07) is 0. The Hall–Kier alpha value is -0.280. The van der Waals surface area contributed by atoms with Crippen molar-refractivity contribution in [3.63, 3.8) is 0 Å². The van der Waals surface area contributed by atoms with Crippen LogP contribution in [0.4, 0.5) is 0 Å². The van der Waals surface area contributed by atoms with Gasteiger partial charge in [-0.2, -0.15) is 0 Å². The van der Waals surface area contributed by atoms with Crippen molar-refractivity contribution in [3.8, 4) is 0 Å². The molecule has 0 radical (unpaired) electrons. The van der Waals surface area contributed by atoms with Crippen LogP contribution in [0.25, 0.3) is 0 Å². The largest absolute Gasteiger partial charge is 0.396 e. The Balaban J connectivity index is 3.24. The van der Waals surface area contributed by atoms with E-state index in [0.717, 1.165) is 0 Å². The van der Waals surface area contributed by atoms with Gasteiger partial charge in [-0.3, -0.25) is 0 Å². The summed E-state index contributed by atoms with van der Waals surface area (Å²) in [5.74, 6) is 0. The first-order chi connectivity index (χ1) is 9.22. The third kappa shape index (κ3) is 12.5. The molecule has 0 aromatic rings. The van der Waals surface area contributed by atoms with Gasteiger partial charge in [0.15, 0.2) is 0 Å². The summed E-state index contributed by atoms with van der Waals surface area (Å²) in [6.45, 7) is 1.88. The summed E-state index contributed by atoms with van der Waals surface area (Å²) < 4.78 is 15.3. The van der Waals surface area contributed by atoms with E-state index in [4.69, 9.17) is 24.4 Å². The SMILES string of the molecule is OCCCC(O)C(O)COCCOCCOCCO. The molecule has 2 atom stereocenters. The van der Waals surface area contributed by atoms with Gasteiger partial charge in [0.2, 0.25) is 0 Å². The van der Waals surface area contributed by atoms with Crippen molar-refractivity contribution in [2.24, 2.45) is 0 Å². The van der Waals surface area contributed by atoms with Gasteiger partial charge in [-0.25, -0.2) is 0 Å². The summed E-state index contributed by atoms with van der Waals surface area (Å²) >= 11 is 0. The van der Waals surface area contributed by atoms with Gasteiger partial charge in [0.1, 0.15) is 6.10 Å². The summed E-state index contributed by atoms with van der Waals surface area (Å²) in [6.07, 6.45) is -1.02. The summed E-state index contributed by atoms with van der Waals surface area (Å²) in [5, 5.41) is 36.0. The minimum Gasteiger partial charge on any atom is -0.396 e. The van der Waals surface area contributed by atoms with E-state index in [1.165, 1.54) is 0 Å². The maximum Gasteiger partial charge on any atom is 0.103 e. The lowest BCUT2D eigenvalue weighted by Crippen LogP contribution is -2.31. The highest BCUT2D eigenvalue weighted by Gasteiger charge is 2.15. The number of aliphatic hydroxyl groups is 4. The zero-order valence-corrected chi connectivity index (χ0v) is 11.2.